The van der Waals surface area contributed by atoms with Gasteiger partial charge < -0.3 is 14.4 Å². The van der Waals surface area contributed by atoms with Gasteiger partial charge in [0.15, 0.2) is 5.75 Å². The second kappa shape index (κ2) is 12.3. The maximum Gasteiger partial charge on any atom is 0.404 e. The van der Waals surface area contributed by atoms with Gasteiger partial charge in [0.1, 0.15) is 12.4 Å². The number of pyridine rings is 1. The Kier molecular flexibility index (Phi) is 9.60. The van der Waals surface area contributed by atoms with Gasteiger partial charge in [-0.25, -0.2) is 8.42 Å². The molecule has 0 fully saturated rings. The summed E-state index contributed by atoms with van der Waals surface area (Å²) in [7, 11) is -1.50. The summed E-state index contributed by atoms with van der Waals surface area (Å²) in [6.45, 7) is 5.63. The molecular weight excluding hydrogens is 525 g/mol. The fraction of sp³-hybridized carbons (Fsp3) is 0.520. The molecule has 3 rings (SSSR count). The zero-order valence-electron chi connectivity index (χ0n) is 21.7. The number of nitrogens with zero attached hydrogens (tertiary/aromatic N) is 3. The fourth-order valence-corrected chi connectivity index (χ4v) is 5.28. The van der Waals surface area contributed by atoms with Gasteiger partial charge in [0, 0.05) is 58.3 Å². The number of benzene rings is 1. The van der Waals surface area contributed by atoms with Crippen molar-refractivity contribution in [1.29, 1.82) is 0 Å². The number of methoxy groups -OCH3 is 1. The van der Waals surface area contributed by atoms with Crippen LogP contribution in [0.4, 0.5) is 18.9 Å². The average Bonchev–Trinajstić information content (AvgIpc) is 2.83. The van der Waals surface area contributed by atoms with Crippen molar-refractivity contribution < 1.29 is 35.9 Å². The topological polar surface area (TPSA) is 101 Å². The number of sulfonamides is 1. The second-order valence-electron chi connectivity index (χ2n) is 9.58. The zero-order chi connectivity index (χ0) is 28.1. The third-order valence-electron chi connectivity index (χ3n) is 6.31. The highest BCUT2D eigenvalue weighted by atomic mass is 32.2. The van der Waals surface area contributed by atoms with E-state index in [0.717, 1.165) is 5.56 Å². The van der Waals surface area contributed by atoms with Crippen LogP contribution in [0.5, 0.6) is 5.75 Å². The highest BCUT2D eigenvalue weighted by molar-refractivity contribution is 7.92. The van der Waals surface area contributed by atoms with Crippen LogP contribution in [-0.2, 0) is 21.3 Å². The first kappa shape index (κ1) is 29.7. The van der Waals surface area contributed by atoms with E-state index in [0.29, 0.717) is 13.1 Å². The Morgan fingerprint density at radius 3 is 2.58 bits per heavy atom. The van der Waals surface area contributed by atoms with E-state index in [-0.39, 0.29) is 54.1 Å². The van der Waals surface area contributed by atoms with Gasteiger partial charge in [-0.2, -0.15) is 13.2 Å². The SMILES string of the molecule is CO[C@H]1CN(C)C(=O)c2ccc(NS(=O)(=O)CC(F)(F)F)cc2OC[C@H](C)N(Cc2cccnc2)C[C@@H]1C. The van der Waals surface area contributed by atoms with Gasteiger partial charge in [-0.3, -0.25) is 19.4 Å². The lowest BCUT2D eigenvalue weighted by Gasteiger charge is -2.36. The van der Waals surface area contributed by atoms with E-state index in [1.807, 2.05) is 23.8 Å². The second-order valence-corrected chi connectivity index (χ2v) is 11.3. The summed E-state index contributed by atoms with van der Waals surface area (Å²) in [6, 6.07) is 7.48. The molecule has 0 radical (unpaired) electrons. The van der Waals surface area contributed by atoms with Crippen LogP contribution >= 0.6 is 0 Å². The highest BCUT2D eigenvalue weighted by Gasteiger charge is 2.35. The maximum absolute atomic E-state index is 13.3. The minimum atomic E-state index is -4.90. The first-order valence-corrected chi connectivity index (χ1v) is 13.7. The number of nitrogens with one attached hydrogen (secondary N) is 1. The summed E-state index contributed by atoms with van der Waals surface area (Å²) in [4.78, 5) is 21.1. The van der Waals surface area contributed by atoms with Gasteiger partial charge >= 0.3 is 6.18 Å². The summed E-state index contributed by atoms with van der Waals surface area (Å²) >= 11 is 0. The van der Waals surface area contributed by atoms with Crippen LogP contribution in [0, 0.1) is 5.92 Å². The Morgan fingerprint density at radius 1 is 1.21 bits per heavy atom. The van der Waals surface area contributed by atoms with E-state index < -0.39 is 22.0 Å². The van der Waals surface area contributed by atoms with Gasteiger partial charge in [-0.1, -0.05) is 13.0 Å². The Hall–Kier alpha value is -2.90. The summed E-state index contributed by atoms with van der Waals surface area (Å²) in [5.41, 5.74) is 1.01. The fourth-order valence-electron chi connectivity index (χ4n) is 4.29. The van der Waals surface area contributed by atoms with Gasteiger partial charge in [0.25, 0.3) is 5.91 Å². The molecule has 1 amide bonds. The number of rotatable bonds is 6. The van der Waals surface area contributed by atoms with Crippen LogP contribution in [0.1, 0.15) is 29.8 Å². The van der Waals surface area contributed by atoms with E-state index >= 15 is 0 Å². The molecule has 1 aliphatic rings. The molecule has 0 saturated heterocycles. The lowest BCUT2D eigenvalue weighted by Crippen LogP contribution is -2.46. The molecule has 13 heteroatoms. The number of fused-ring (bicyclic) bond motifs is 1. The Morgan fingerprint density at radius 2 is 1.95 bits per heavy atom. The molecule has 9 nitrogen and oxygen atoms in total. The zero-order valence-corrected chi connectivity index (χ0v) is 22.6. The van der Waals surface area contributed by atoms with Crippen LogP contribution in [-0.4, -0.2) is 87.0 Å². The molecule has 38 heavy (non-hydrogen) atoms. The van der Waals surface area contributed by atoms with E-state index in [1.54, 1.807) is 26.6 Å². The van der Waals surface area contributed by atoms with Crippen LogP contribution in [0.2, 0.25) is 0 Å². The number of carbonyl (C=O) groups is 1. The molecule has 210 valence electrons. The smallest absolute Gasteiger partial charge is 0.404 e. The number of carbonyl (C=O) groups excluding carboxylic acids is 1. The number of hydrogen-bond donors (Lipinski definition) is 1. The first-order chi connectivity index (χ1) is 17.8. The molecule has 1 aliphatic heterocycles. The number of hydrogen-bond acceptors (Lipinski definition) is 7. The summed E-state index contributed by atoms with van der Waals surface area (Å²) in [6.07, 6.45) is -1.70. The Bertz CT molecular complexity index is 1200. The van der Waals surface area contributed by atoms with Crippen molar-refractivity contribution in [2.75, 3.05) is 44.3 Å². The van der Waals surface area contributed by atoms with E-state index in [4.69, 9.17) is 9.47 Å². The molecule has 0 unspecified atom stereocenters. The Labute approximate surface area is 221 Å². The maximum atomic E-state index is 13.3. The molecule has 0 saturated carbocycles. The van der Waals surface area contributed by atoms with Crippen molar-refractivity contribution in [3.05, 3.63) is 53.9 Å². The largest absolute Gasteiger partial charge is 0.491 e. The van der Waals surface area contributed by atoms with Crippen LogP contribution < -0.4 is 9.46 Å². The van der Waals surface area contributed by atoms with Gasteiger partial charge in [0.2, 0.25) is 10.0 Å². The predicted molar refractivity (Wildman–Crippen MR) is 136 cm³/mol. The van der Waals surface area contributed by atoms with Crippen LogP contribution in [0.15, 0.2) is 42.7 Å². The average molecular weight is 559 g/mol. The molecule has 0 spiro atoms. The number of aromatic nitrogens is 1. The number of alkyl halides is 3. The van der Waals surface area contributed by atoms with Crippen molar-refractivity contribution in [1.82, 2.24) is 14.8 Å². The molecule has 3 atom stereocenters. The van der Waals surface area contributed by atoms with Gasteiger partial charge in [0.05, 0.1) is 17.4 Å². The number of anilines is 1. The van der Waals surface area contributed by atoms with Gasteiger partial charge in [-0.05, 0) is 36.6 Å². The molecule has 2 aromatic rings. The van der Waals surface area contributed by atoms with Crippen molar-refractivity contribution in [2.45, 2.75) is 38.7 Å². The molecular formula is C25H33F3N4O5S. The lowest BCUT2D eigenvalue weighted by atomic mass is 10.0. The van der Waals surface area contributed by atoms with Crippen molar-refractivity contribution in [3.63, 3.8) is 0 Å². The monoisotopic (exact) mass is 558 g/mol. The van der Waals surface area contributed by atoms with E-state index in [9.17, 15) is 26.4 Å². The standard InChI is InChI=1S/C25H33F3N4O5S/c1-17-12-32(13-19-6-5-9-29-11-19)18(2)15-37-22-10-20(30-38(34,35)16-25(26,27)28)7-8-21(22)24(33)31(3)14-23(17)36-4/h5-11,17-18,23,30H,12-16H2,1-4H3/t17-,18-,23-/m0/s1. The van der Waals surface area contributed by atoms with Crippen LogP contribution in [0.25, 0.3) is 0 Å². The first-order valence-electron chi connectivity index (χ1n) is 12.0. The molecule has 1 aromatic heterocycles. The number of amides is 1. The normalized spacial score (nSPS) is 22.1. The van der Waals surface area contributed by atoms with Gasteiger partial charge in [-0.15, -0.1) is 0 Å². The summed E-state index contributed by atoms with van der Waals surface area (Å²) < 4.78 is 75.7. The van der Waals surface area contributed by atoms with E-state index in [2.05, 4.69) is 16.8 Å². The lowest BCUT2D eigenvalue weighted by molar-refractivity contribution is -0.106. The molecule has 0 bridgehead atoms. The molecule has 2 heterocycles. The number of likely N-dealkylation sites (N-methyl/N-ethyl adjacent to an activating group) is 1. The van der Waals surface area contributed by atoms with E-state index in [1.165, 1.54) is 23.1 Å². The minimum Gasteiger partial charge on any atom is -0.491 e. The summed E-state index contributed by atoms with van der Waals surface area (Å²) in [5.74, 6) is -2.31. The van der Waals surface area contributed by atoms with Crippen molar-refractivity contribution in [2.24, 2.45) is 5.92 Å². The minimum absolute atomic E-state index is 0.0543. The molecule has 0 aliphatic carbocycles. The number of halogens is 3. The molecule has 1 N–H and O–H groups in total. The van der Waals surface area contributed by atoms with Crippen molar-refractivity contribution >= 4 is 21.6 Å². The summed E-state index contributed by atoms with van der Waals surface area (Å²) in [5, 5.41) is 0. The third-order valence-corrected chi connectivity index (χ3v) is 7.57. The quantitative estimate of drug-likeness (QED) is 0.580. The molecule has 1 aromatic carbocycles. The Balaban J connectivity index is 1.94. The third kappa shape index (κ3) is 8.30. The number of ether oxygens (including phenoxy) is 2. The van der Waals surface area contributed by atoms with Crippen LogP contribution in [0.3, 0.4) is 0 Å². The van der Waals surface area contributed by atoms with Crippen molar-refractivity contribution in [3.8, 4) is 5.75 Å². The predicted octanol–water partition coefficient (Wildman–Crippen LogP) is 3.39. The highest BCUT2D eigenvalue weighted by Crippen LogP contribution is 2.28.